The highest BCUT2D eigenvalue weighted by Crippen LogP contribution is 2.34. The SMILES string of the molecule is CN(C(=O)CSc1nc2sc3c(c2c(=O)[nH]1)CCCC3)C(C)(C)C#N. The summed E-state index contributed by atoms with van der Waals surface area (Å²) in [4.78, 5) is 35.5. The Kier molecular flexibility index (Phi) is 4.89. The van der Waals surface area contributed by atoms with Crippen LogP contribution in [0.15, 0.2) is 9.95 Å². The lowest BCUT2D eigenvalue weighted by molar-refractivity contribution is -0.130. The summed E-state index contributed by atoms with van der Waals surface area (Å²) < 4.78 is 0. The Morgan fingerprint density at radius 3 is 2.88 bits per heavy atom. The summed E-state index contributed by atoms with van der Waals surface area (Å²) in [5.41, 5.74) is 0.170. The molecule has 0 saturated carbocycles. The molecule has 132 valence electrons. The second-order valence-electron chi connectivity index (χ2n) is 6.67. The van der Waals surface area contributed by atoms with Crippen molar-refractivity contribution in [3.8, 4) is 6.07 Å². The van der Waals surface area contributed by atoms with Gasteiger partial charge in [0.1, 0.15) is 10.4 Å². The van der Waals surface area contributed by atoms with Crippen LogP contribution in [-0.4, -0.2) is 39.1 Å². The van der Waals surface area contributed by atoms with Crippen LogP contribution >= 0.6 is 23.1 Å². The minimum absolute atomic E-state index is 0.120. The molecule has 0 spiro atoms. The summed E-state index contributed by atoms with van der Waals surface area (Å²) in [7, 11) is 1.61. The van der Waals surface area contributed by atoms with Crippen LogP contribution in [0.1, 0.15) is 37.1 Å². The first-order valence-electron chi connectivity index (χ1n) is 8.19. The van der Waals surface area contributed by atoms with E-state index in [0.717, 1.165) is 41.5 Å². The molecular weight excluding hydrogens is 356 g/mol. The van der Waals surface area contributed by atoms with Gasteiger partial charge in [0.25, 0.3) is 5.56 Å². The third-order valence-corrected chi connectivity index (χ3v) is 6.67. The van der Waals surface area contributed by atoms with Crippen molar-refractivity contribution in [3.05, 3.63) is 20.8 Å². The smallest absolute Gasteiger partial charge is 0.260 e. The van der Waals surface area contributed by atoms with Crippen LogP contribution in [0, 0.1) is 11.3 Å². The van der Waals surface area contributed by atoms with Crippen LogP contribution in [0.2, 0.25) is 0 Å². The first-order valence-corrected chi connectivity index (χ1v) is 9.99. The molecule has 0 aliphatic heterocycles. The van der Waals surface area contributed by atoms with Gasteiger partial charge >= 0.3 is 0 Å². The highest BCUT2D eigenvalue weighted by Gasteiger charge is 2.27. The molecule has 0 saturated heterocycles. The summed E-state index contributed by atoms with van der Waals surface area (Å²) in [6.45, 7) is 3.38. The molecule has 8 heteroatoms. The fraction of sp³-hybridized carbons (Fsp3) is 0.529. The molecule has 0 fully saturated rings. The molecule has 25 heavy (non-hydrogen) atoms. The highest BCUT2D eigenvalue weighted by atomic mass is 32.2. The van der Waals surface area contributed by atoms with E-state index in [1.54, 1.807) is 32.2 Å². The number of nitrogens with one attached hydrogen (secondary N) is 1. The van der Waals surface area contributed by atoms with Gasteiger partial charge in [-0.15, -0.1) is 11.3 Å². The molecule has 2 heterocycles. The zero-order chi connectivity index (χ0) is 18.2. The van der Waals surface area contributed by atoms with Crippen molar-refractivity contribution in [1.29, 1.82) is 5.26 Å². The van der Waals surface area contributed by atoms with Crippen LogP contribution in [-0.2, 0) is 17.6 Å². The number of amides is 1. The lowest BCUT2D eigenvalue weighted by atomic mass is 9.97. The largest absolute Gasteiger partial charge is 0.327 e. The Morgan fingerprint density at radius 1 is 1.44 bits per heavy atom. The highest BCUT2D eigenvalue weighted by molar-refractivity contribution is 7.99. The number of carbonyl (C=O) groups excluding carboxylic acids is 1. The Bertz CT molecular complexity index is 923. The van der Waals surface area contributed by atoms with Gasteiger partial charge in [-0.05, 0) is 45.1 Å². The molecule has 3 rings (SSSR count). The fourth-order valence-electron chi connectivity index (χ4n) is 2.83. The second-order valence-corrected chi connectivity index (χ2v) is 8.72. The monoisotopic (exact) mass is 376 g/mol. The number of hydrogen-bond donors (Lipinski definition) is 1. The molecule has 2 aromatic rings. The molecule has 1 amide bonds. The van der Waals surface area contributed by atoms with Crippen molar-refractivity contribution >= 4 is 39.2 Å². The van der Waals surface area contributed by atoms with E-state index < -0.39 is 5.54 Å². The summed E-state index contributed by atoms with van der Waals surface area (Å²) >= 11 is 2.79. The Labute approximate surface area is 154 Å². The quantitative estimate of drug-likeness (QED) is 0.654. The minimum Gasteiger partial charge on any atom is -0.327 e. The van der Waals surface area contributed by atoms with E-state index in [-0.39, 0.29) is 17.2 Å². The van der Waals surface area contributed by atoms with Gasteiger partial charge in [0, 0.05) is 11.9 Å². The van der Waals surface area contributed by atoms with Gasteiger partial charge in [0.05, 0.1) is 17.2 Å². The number of carbonyl (C=O) groups is 1. The van der Waals surface area contributed by atoms with Gasteiger partial charge in [-0.2, -0.15) is 5.26 Å². The van der Waals surface area contributed by atoms with E-state index in [9.17, 15) is 9.59 Å². The number of aromatic amines is 1. The van der Waals surface area contributed by atoms with E-state index in [0.29, 0.717) is 5.16 Å². The number of thiophene rings is 1. The lowest BCUT2D eigenvalue weighted by Gasteiger charge is -2.28. The van der Waals surface area contributed by atoms with E-state index in [2.05, 4.69) is 16.0 Å². The molecule has 0 bridgehead atoms. The lowest BCUT2D eigenvalue weighted by Crippen LogP contribution is -2.44. The molecule has 0 atom stereocenters. The van der Waals surface area contributed by atoms with Gasteiger partial charge in [0.15, 0.2) is 5.16 Å². The van der Waals surface area contributed by atoms with Gasteiger partial charge in [-0.3, -0.25) is 9.59 Å². The number of nitrogens with zero attached hydrogens (tertiary/aromatic N) is 3. The average molecular weight is 377 g/mol. The first kappa shape index (κ1) is 18.0. The van der Waals surface area contributed by atoms with Gasteiger partial charge < -0.3 is 9.88 Å². The molecule has 2 aromatic heterocycles. The van der Waals surface area contributed by atoms with Gasteiger partial charge in [-0.1, -0.05) is 11.8 Å². The van der Waals surface area contributed by atoms with Crippen molar-refractivity contribution in [3.63, 3.8) is 0 Å². The number of H-pyrrole nitrogens is 1. The predicted molar refractivity (Wildman–Crippen MR) is 100 cm³/mol. The van der Waals surface area contributed by atoms with Crippen molar-refractivity contribution in [2.75, 3.05) is 12.8 Å². The third-order valence-electron chi connectivity index (χ3n) is 4.62. The average Bonchev–Trinajstić information content (AvgIpc) is 2.97. The standard InChI is InChI=1S/C17H20N4O2S2/c1-17(2,9-18)21(3)12(22)8-24-16-19-14(23)13-10-6-4-5-7-11(10)25-15(13)20-16/h4-8H2,1-3H3,(H,19,20,23). The zero-order valence-corrected chi connectivity index (χ0v) is 16.1. The van der Waals surface area contributed by atoms with Crippen molar-refractivity contribution in [2.45, 2.75) is 50.2 Å². The molecule has 0 aromatic carbocycles. The van der Waals surface area contributed by atoms with E-state index in [1.807, 2.05) is 0 Å². The Balaban J connectivity index is 1.80. The predicted octanol–water partition coefficient (Wildman–Crippen LogP) is 2.72. The van der Waals surface area contributed by atoms with Crippen molar-refractivity contribution in [1.82, 2.24) is 14.9 Å². The Hall–Kier alpha value is -1.85. The number of aryl methyl sites for hydroxylation is 2. The molecule has 0 radical (unpaired) electrons. The second kappa shape index (κ2) is 6.81. The number of aromatic nitrogens is 2. The molecule has 1 aliphatic carbocycles. The normalized spacial score (nSPS) is 14.2. The van der Waals surface area contributed by atoms with E-state index >= 15 is 0 Å². The Morgan fingerprint density at radius 2 is 2.16 bits per heavy atom. The minimum atomic E-state index is -0.866. The number of hydrogen-bond acceptors (Lipinski definition) is 6. The van der Waals surface area contributed by atoms with Crippen LogP contribution in [0.5, 0.6) is 0 Å². The summed E-state index contributed by atoms with van der Waals surface area (Å²) in [6, 6.07) is 2.11. The van der Waals surface area contributed by atoms with Crippen LogP contribution in [0.4, 0.5) is 0 Å². The number of nitriles is 1. The maximum atomic E-state index is 12.5. The molecule has 6 nitrogen and oxygen atoms in total. The van der Waals surface area contributed by atoms with Crippen molar-refractivity contribution in [2.24, 2.45) is 0 Å². The molecule has 1 aliphatic rings. The number of fused-ring (bicyclic) bond motifs is 3. The summed E-state index contributed by atoms with van der Waals surface area (Å²) in [5.74, 6) is -0.0500. The topological polar surface area (TPSA) is 89.8 Å². The maximum absolute atomic E-state index is 12.5. The van der Waals surface area contributed by atoms with Crippen LogP contribution < -0.4 is 5.56 Å². The van der Waals surface area contributed by atoms with Gasteiger partial charge in [0.2, 0.25) is 5.91 Å². The van der Waals surface area contributed by atoms with Crippen LogP contribution in [0.25, 0.3) is 10.2 Å². The van der Waals surface area contributed by atoms with Gasteiger partial charge in [-0.25, -0.2) is 4.98 Å². The zero-order valence-electron chi connectivity index (χ0n) is 14.5. The number of thioether (sulfide) groups is 1. The van der Waals surface area contributed by atoms with E-state index in [4.69, 9.17) is 5.26 Å². The first-order chi connectivity index (χ1) is 11.8. The summed E-state index contributed by atoms with van der Waals surface area (Å²) in [5, 5.41) is 10.3. The summed E-state index contributed by atoms with van der Waals surface area (Å²) in [6.07, 6.45) is 4.24. The molecule has 0 unspecified atom stereocenters. The third kappa shape index (κ3) is 3.44. The maximum Gasteiger partial charge on any atom is 0.260 e. The number of rotatable bonds is 4. The fourth-order valence-corrected chi connectivity index (χ4v) is 4.92. The molecule has 1 N–H and O–H groups in total. The van der Waals surface area contributed by atoms with Crippen LogP contribution in [0.3, 0.4) is 0 Å². The van der Waals surface area contributed by atoms with E-state index in [1.165, 1.54) is 21.5 Å². The van der Waals surface area contributed by atoms with Crippen molar-refractivity contribution < 1.29 is 4.79 Å². The molecular formula is C17H20N4O2S2.